The lowest BCUT2D eigenvalue weighted by atomic mass is 10.0. The zero-order valence-corrected chi connectivity index (χ0v) is 10.9. The molecule has 0 saturated heterocycles. The Kier molecular flexibility index (Phi) is 2.47. The Labute approximate surface area is 119 Å². The van der Waals surface area contributed by atoms with Gasteiger partial charge in [-0.2, -0.15) is 0 Å². The predicted octanol–water partition coefficient (Wildman–Crippen LogP) is 3.05. The molecule has 5 nitrogen and oxygen atoms in total. The van der Waals surface area contributed by atoms with Gasteiger partial charge in [0.2, 0.25) is 5.89 Å². The number of hydrogen-bond donors (Lipinski definition) is 1. The molecular weight excluding hydrogens is 270 g/mol. The molecule has 0 bridgehead atoms. The van der Waals surface area contributed by atoms with Crippen molar-refractivity contribution in [1.82, 2.24) is 4.98 Å². The Morgan fingerprint density at radius 1 is 1.24 bits per heavy atom. The molecule has 4 rings (SSSR count). The molecule has 0 aliphatic carbocycles. The molecule has 1 atom stereocenters. The fraction of sp³-hybridized carbons (Fsp3) is 0.125. The molecule has 0 spiro atoms. The summed E-state index contributed by atoms with van der Waals surface area (Å²) in [7, 11) is 0. The van der Waals surface area contributed by atoms with Crippen LogP contribution in [0.5, 0.6) is 5.75 Å². The highest BCUT2D eigenvalue weighted by molar-refractivity contribution is 5.91. The normalized spacial score (nSPS) is 16.7. The van der Waals surface area contributed by atoms with E-state index in [2.05, 4.69) is 4.98 Å². The van der Waals surface area contributed by atoms with Crippen molar-refractivity contribution in [2.75, 3.05) is 6.61 Å². The molecule has 3 aromatic rings. The monoisotopic (exact) mass is 281 g/mol. The van der Waals surface area contributed by atoms with Crippen LogP contribution in [0.25, 0.3) is 11.1 Å². The van der Waals surface area contributed by atoms with Crippen LogP contribution in [0.1, 0.15) is 27.7 Å². The van der Waals surface area contributed by atoms with E-state index in [-0.39, 0.29) is 11.5 Å². The summed E-state index contributed by atoms with van der Waals surface area (Å²) in [5.74, 6) is 0.361. The third-order valence-corrected chi connectivity index (χ3v) is 3.65. The Bertz CT molecular complexity index is 852. The number of aromatic nitrogens is 1. The largest absolute Gasteiger partial charge is 0.492 e. The number of fused-ring (bicyclic) bond motifs is 2. The summed E-state index contributed by atoms with van der Waals surface area (Å²) in [5.41, 5.74) is 2.37. The van der Waals surface area contributed by atoms with Crippen molar-refractivity contribution in [3.63, 3.8) is 0 Å². The summed E-state index contributed by atoms with van der Waals surface area (Å²) in [4.78, 5) is 15.4. The molecule has 1 unspecified atom stereocenters. The molecule has 0 amide bonds. The fourth-order valence-corrected chi connectivity index (χ4v) is 2.59. The zero-order valence-electron chi connectivity index (χ0n) is 10.9. The van der Waals surface area contributed by atoms with Crippen LogP contribution in [0.4, 0.5) is 0 Å². The first-order valence-corrected chi connectivity index (χ1v) is 6.58. The van der Waals surface area contributed by atoms with Crippen LogP contribution in [0.15, 0.2) is 46.9 Å². The molecule has 1 aliphatic heterocycles. The van der Waals surface area contributed by atoms with Crippen LogP contribution < -0.4 is 4.74 Å². The van der Waals surface area contributed by atoms with E-state index in [1.54, 1.807) is 6.07 Å². The van der Waals surface area contributed by atoms with E-state index in [1.165, 1.54) is 12.1 Å². The Morgan fingerprint density at radius 2 is 2.10 bits per heavy atom. The number of hydrogen-bond acceptors (Lipinski definition) is 4. The average molecular weight is 281 g/mol. The molecule has 1 N–H and O–H groups in total. The number of carboxylic acids is 1. The predicted molar refractivity (Wildman–Crippen MR) is 74.7 cm³/mol. The van der Waals surface area contributed by atoms with Crippen LogP contribution in [0.2, 0.25) is 0 Å². The van der Waals surface area contributed by atoms with E-state index in [4.69, 9.17) is 14.3 Å². The van der Waals surface area contributed by atoms with Crippen molar-refractivity contribution in [2.24, 2.45) is 0 Å². The Hall–Kier alpha value is -2.82. The maximum atomic E-state index is 11.0. The van der Waals surface area contributed by atoms with Gasteiger partial charge in [0.25, 0.3) is 0 Å². The van der Waals surface area contributed by atoms with Gasteiger partial charge in [0.05, 0.1) is 11.5 Å². The maximum Gasteiger partial charge on any atom is 0.335 e. The molecule has 1 aliphatic rings. The highest BCUT2D eigenvalue weighted by Gasteiger charge is 2.29. The van der Waals surface area contributed by atoms with Crippen LogP contribution in [-0.4, -0.2) is 22.7 Å². The molecular formula is C16H11NO4. The summed E-state index contributed by atoms with van der Waals surface area (Å²) in [6, 6.07) is 12.5. The van der Waals surface area contributed by atoms with E-state index in [0.717, 1.165) is 11.3 Å². The van der Waals surface area contributed by atoms with Crippen LogP contribution in [-0.2, 0) is 0 Å². The van der Waals surface area contributed by atoms with E-state index in [0.29, 0.717) is 23.6 Å². The number of oxazole rings is 1. The van der Waals surface area contributed by atoms with Gasteiger partial charge in [-0.15, -0.1) is 0 Å². The Morgan fingerprint density at radius 3 is 2.95 bits per heavy atom. The third kappa shape index (κ3) is 1.86. The quantitative estimate of drug-likeness (QED) is 0.781. The number of aromatic carboxylic acids is 1. The minimum Gasteiger partial charge on any atom is -0.492 e. The first-order valence-electron chi connectivity index (χ1n) is 6.58. The van der Waals surface area contributed by atoms with Gasteiger partial charge in [0, 0.05) is 5.56 Å². The van der Waals surface area contributed by atoms with Crippen LogP contribution >= 0.6 is 0 Å². The van der Waals surface area contributed by atoms with Crippen molar-refractivity contribution >= 4 is 17.1 Å². The second-order valence-corrected chi connectivity index (χ2v) is 4.94. The summed E-state index contributed by atoms with van der Waals surface area (Å²) < 4.78 is 11.4. The van der Waals surface area contributed by atoms with Gasteiger partial charge >= 0.3 is 5.97 Å². The van der Waals surface area contributed by atoms with Gasteiger partial charge in [0.1, 0.15) is 17.9 Å². The summed E-state index contributed by atoms with van der Waals surface area (Å²) >= 11 is 0. The molecule has 0 fully saturated rings. The first-order chi connectivity index (χ1) is 10.2. The summed E-state index contributed by atoms with van der Waals surface area (Å²) in [6.45, 7) is 0.484. The SMILES string of the molecule is O=C(O)c1ccc2nc(C3COc4ccccc43)oc2c1. The number of nitrogens with zero attached hydrogens (tertiary/aromatic N) is 1. The van der Waals surface area contributed by atoms with Gasteiger partial charge in [0.15, 0.2) is 5.58 Å². The molecule has 1 aromatic heterocycles. The van der Waals surface area contributed by atoms with Crippen molar-refractivity contribution in [3.8, 4) is 5.75 Å². The molecule has 104 valence electrons. The third-order valence-electron chi connectivity index (χ3n) is 3.65. The lowest BCUT2D eigenvalue weighted by Gasteiger charge is -2.02. The Balaban J connectivity index is 1.80. The fourth-order valence-electron chi connectivity index (χ4n) is 2.59. The molecule has 5 heteroatoms. The van der Waals surface area contributed by atoms with Gasteiger partial charge < -0.3 is 14.3 Å². The smallest absolute Gasteiger partial charge is 0.335 e. The van der Waals surface area contributed by atoms with E-state index < -0.39 is 5.97 Å². The number of carboxylic acid groups (broad SMARTS) is 1. The number of para-hydroxylation sites is 1. The van der Waals surface area contributed by atoms with Crippen molar-refractivity contribution < 1.29 is 19.1 Å². The zero-order chi connectivity index (χ0) is 14.4. The van der Waals surface area contributed by atoms with Crippen LogP contribution in [0, 0.1) is 0 Å². The lowest BCUT2D eigenvalue weighted by molar-refractivity contribution is 0.0697. The van der Waals surface area contributed by atoms with Crippen LogP contribution in [0.3, 0.4) is 0 Å². The molecule has 21 heavy (non-hydrogen) atoms. The molecule has 2 heterocycles. The van der Waals surface area contributed by atoms with E-state index in [9.17, 15) is 4.79 Å². The maximum absolute atomic E-state index is 11.0. The molecule has 2 aromatic carbocycles. The number of rotatable bonds is 2. The lowest BCUT2D eigenvalue weighted by Crippen LogP contribution is -2.02. The highest BCUT2D eigenvalue weighted by atomic mass is 16.5. The summed E-state index contributed by atoms with van der Waals surface area (Å²) in [5, 5.41) is 9.01. The van der Waals surface area contributed by atoms with Crippen molar-refractivity contribution in [1.29, 1.82) is 0 Å². The standard InChI is InChI=1S/C16H11NO4/c18-16(19)9-5-6-12-14(7-9)21-15(17-12)11-8-20-13-4-2-1-3-10(11)13/h1-7,11H,8H2,(H,18,19). The van der Waals surface area contributed by atoms with Crippen molar-refractivity contribution in [3.05, 3.63) is 59.5 Å². The van der Waals surface area contributed by atoms with E-state index in [1.807, 2.05) is 24.3 Å². The minimum atomic E-state index is -0.982. The van der Waals surface area contributed by atoms with Gasteiger partial charge in [-0.25, -0.2) is 9.78 Å². The topological polar surface area (TPSA) is 72.6 Å². The minimum absolute atomic E-state index is 0.0538. The van der Waals surface area contributed by atoms with E-state index >= 15 is 0 Å². The average Bonchev–Trinajstić information content (AvgIpc) is 3.09. The number of carbonyl (C=O) groups is 1. The second-order valence-electron chi connectivity index (χ2n) is 4.94. The van der Waals surface area contributed by atoms with Crippen molar-refractivity contribution in [2.45, 2.75) is 5.92 Å². The van der Waals surface area contributed by atoms with Gasteiger partial charge in [-0.1, -0.05) is 18.2 Å². The van der Waals surface area contributed by atoms with Gasteiger partial charge in [-0.05, 0) is 24.3 Å². The molecule has 0 radical (unpaired) electrons. The van der Waals surface area contributed by atoms with Gasteiger partial charge in [-0.3, -0.25) is 0 Å². The summed E-state index contributed by atoms with van der Waals surface area (Å²) in [6.07, 6.45) is 0. The molecule has 0 saturated carbocycles. The number of benzene rings is 2. The second kappa shape index (κ2) is 4.34. The number of ether oxygens (including phenoxy) is 1. The first kappa shape index (κ1) is 12.0. The highest BCUT2D eigenvalue weighted by Crippen LogP contribution is 2.38.